The minimum Gasteiger partial charge on any atom is -0.481 e. The van der Waals surface area contributed by atoms with Crippen LogP contribution in [0.5, 0.6) is 11.8 Å². The van der Waals surface area contributed by atoms with Crippen LogP contribution in [-0.2, 0) is 6.54 Å². The summed E-state index contributed by atoms with van der Waals surface area (Å²) < 4.78 is 10.2. The molecule has 0 unspecified atom stereocenters. The zero-order chi connectivity index (χ0) is 11.1. The van der Waals surface area contributed by atoms with Crippen molar-refractivity contribution in [1.29, 1.82) is 0 Å². The molecule has 15 heavy (non-hydrogen) atoms. The van der Waals surface area contributed by atoms with Crippen molar-refractivity contribution >= 4 is 0 Å². The predicted molar refractivity (Wildman–Crippen MR) is 55.7 cm³/mol. The van der Waals surface area contributed by atoms with E-state index in [-0.39, 0.29) is 0 Å². The number of nitrogens with one attached hydrogen (secondary N) is 1. The topological polar surface area (TPSA) is 56.3 Å². The van der Waals surface area contributed by atoms with Crippen molar-refractivity contribution in [1.82, 2.24) is 15.3 Å². The normalized spacial score (nSPS) is 9.40. The van der Waals surface area contributed by atoms with E-state index in [9.17, 15) is 0 Å². The second kappa shape index (κ2) is 5.83. The van der Waals surface area contributed by atoms with Crippen LogP contribution in [0.15, 0.2) is 6.33 Å². The summed E-state index contributed by atoms with van der Waals surface area (Å²) in [5.41, 5.74) is 0.762. The molecule has 1 heterocycles. The van der Waals surface area contributed by atoms with Crippen LogP contribution in [0, 0.1) is 12.3 Å². The van der Waals surface area contributed by atoms with Gasteiger partial charge in [0.1, 0.15) is 6.33 Å². The summed E-state index contributed by atoms with van der Waals surface area (Å²) >= 11 is 0. The largest absolute Gasteiger partial charge is 0.481 e. The maximum atomic E-state index is 5.13. The van der Waals surface area contributed by atoms with Crippen LogP contribution >= 0.6 is 0 Å². The molecule has 0 bridgehead atoms. The molecule has 0 radical (unpaired) electrons. The monoisotopic (exact) mass is 207 g/mol. The fourth-order valence-corrected chi connectivity index (χ4v) is 1.14. The summed E-state index contributed by atoms with van der Waals surface area (Å²) in [7, 11) is 3.10. The van der Waals surface area contributed by atoms with Crippen LogP contribution in [0.4, 0.5) is 0 Å². The van der Waals surface area contributed by atoms with Crippen molar-refractivity contribution in [3.8, 4) is 24.1 Å². The van der Waals surface area contributed by atoms with Crippen LogP contribution in [0.1, 0.15) is 5.56 Å². The van der Waals surface area contributed by atoms with E-state index in [0.29, 0.717) is 24.8 Å². The minimum absolute atomic E-state index is 0.473. The van der Waals surface area contributed by atoms with Crippen molar-refractivity contribution in [2.45, 2.75) is 6.54 Å². The molecule has 5 heteroatoms. The van der Waals surface area contributed by atoms with Gasteiger partial charge in [-0.25, -0.2) is 9.97 Å². The number of hydrogen-bond donors (Lipinski definition) is 1. The molecule has 1 aromatic heterocycles. The van der Waals surface area contributed by atoms with Gasteiger partial charge in [-0.15, -0.1) is 6.42 Å². The molecule has 80 valence electrons. The quantitative estimate of drug-likeness (QED) is 0.553. The van der Waals surface area contributed by atoms with Crippen LogP contribution in [-0.4, -0.2) is 30.7 Å². The molecule has 5 nitrogen and oxygen atoms in total. The lowest BCUT2D eigenvalue weighted by Gasteiger charge is -2.10. The Kier molecular flexibility index (Phi) is 4.38. The first-order valence-corrected chi connectivity index (χ1v) is 4.39. The molecular weight excluding hydrogens is 194 g/mol. The molecule has 0 atom stereocenters. The Morgan fingerprint density at radius 2 is 1.93 bits per heavy atom. The van der Waals surface area contributed by atoms with Gasteiger partial charge in [-0.1, -0.05) is 5.92 Å². The highest BCUT2D eigenvalue weighted by molar-refractivity contribution is 5.34. The fourth-order valence-electron chi connectivity index (χ4n) is 1.14. The van der Waals surface area contributed by atoms with Crippen LogP contribution in [0.3, 0.4) is 0 Å². The van der Waals surface area contributed by atoms with Crippen molar-refractivity contribution in [2.24, 2.45) is 0 Å². The van der Waals surface area contributed by atoms with Gasteiger partial charge in [-0.05, 0) is 0 Å². The van der Waals surface area contributed by atoms with Gasteiger partial charge in [-0.2, -0.15) is 0 Å². The summed E-state index contributed by atoms with van der Waals surface area (Å²) in [6.07, 6.45) is 6.52. The van der Waals surface area contributed by atoms with E-state index < -0.39 is 0 Å². The number of rotatable bonds is 5. The van der Waals surface area contributed by atoms with Gasteiger partial charge in [0.05, 0.1) is 26.3 Å². The Bertz CT molecular complexity index is 338. The first-order valence-electron chi connectivity index (χ1n) is 4.39. The van der Waals surface area contributed by atoms with Crippen molar-refractivity contribution in [3.05, 3.63) is 11.9 Å². The van der Waals surface area contributed by atoms with Crippen molar-refractivity contribution < 1.29 is 9.47 Å². The lowest BCUT2D eigenvalue weighted by molar-refractivity contribution is 0.360. The van der Waals surface area contributed by atoms with E-state index in [1.54, 1.807) is 14.2 Å². The number of methoxy groups -OCH3 is 2. The molecule has 0 spiro atoms. The van der Waals surface area contributed by atoms with E-state index in [1.807, 2.05) is 0 Å². The van der Waals surface area contributed by atoms with Crippen LogP contribution in [0.2, 0.25) is 0 Å². The van der Waals surface area contributed by atoms with Crippen molar-refractivity contribution in [3.63, 3.8) is 0 Å². The van der Waals surface area contributed by atoms with E-state index in [0.717, 1.165) is 5.56 Å². The fraction of sp³-hybridized carbons (Fsp3) is 0.400. The molecule has 0 saturated carbocycles. The SMILES string of the molecule is C#CCNCc1c(OC)ncnc1OC. The highest BCUT2D eigenvalue weighted by Gasteiger charge is 2.11. The number of ether oxygens (including phenoxy) is 2. The van der Waals surface area contributed by atoms with Gasteiger partial charge in [0.15, 0.2) is 0 Å². The second-order valence-corrected chi connectivity index (χ2v) is 2.68. The number of terminal acetylenes is 1. The predicted octanol–water partition coefficient (Wildman–Crippen LogP) is 0.217. The Morgan fingerprint density at radius 3 is 2.40 bits per heavy atom. The van der Waals surface area contributed by atoms with Crippen molar-refractivity contribution in [2.75, 3.05) is 20.8 Å². The maximum absolute atomic E-state index is 5.13. The zero-order valence-electron chi connectivity index (χ0n) is 8.78. The molecular formula is C10H13N3O2. The number of aromatic nitrogens is 2. The molecule has 0 saturated heterocycles. The van der Waals surface area contributed by atoms with E-state index in [1.165, 1.54) is 6.33 Å². The smallest absolute Gasteiger partial charge is 0.224 e. The highest BCUT2D eigenvalue weighted by Crippen LogP contribution is 2.22. The van der Waals surface area contributed by atoms with Crippen LogP contribution < -0.4 is 14.8 Å². The molecule has 1 aromatic rings. The minimum atomic E-state index is 0.473. The second-order valence-electron chi connectivity index (χ2n) is 2.68. The molecule has 1 rings (SSSR count). The molecule has 0 amide bonds. The zero-order valence-corrected chi connectivity index (χ0v) is 8.78. The van der Waals surface area contributed by atoms with Gasteiger partial charge in [0.2, 0.25) is 11.8 Å². The summed E-state index contributed by atoms with van der Waals surface area (Å²) in [6.45, 7) is 0.985. The van der Waals surface area contributed by atoms with Gasteiger partial charge >= 0.3 is 0 Å². The lowest BCUT2D eigenvalue weighted by Crippen LogP contribution is -2.15. The summed E-state index contributed by atoms with van der Waals surface area (Å²) in [5.74, 6) is 3.46. The third-order valence-corrected chi connectivity index (χ3v) is 1.78. The highest BCUT2D eigenvalue weighted by atomic mass is 16.5. The average Bonchev–Trinajstić information content (AvgIpc) is 2.29. The van der Waals surface area contributed by atoms with Gasteiger partial charge in [-0.3, -0.25) is 0 Å². The molecule has 0 aliphatic heterocycles. The average molecular weight is 207 g/mol. The summed E-state index contributed by atoms with van der Waals surface area (Å²) in [5, 5.41) is 3.02. The summed E-state index contributed by atoms with van der Waals surface area (Å²) in [6, 6.07) is 0. The number of hydrogen-bond acceptors (Lipinski definition) is 5. The molecule has 0 fully saturated rings. The Hall–Kier alpha value is -1.80. The Labute approximate surface area is 88.8 Å². The Morgan fingerprint density at radius 1 is 1.33 bits per heavy atom. The first kappa shape index (κ1) is 11.3. The Balaban J connectivity index is 2.86. The maximum Gasteiger partial charge on any atom is 0.224 e. The van der Waals surface area contributed by atoms with E-state index in [2.05, 4.69) is 21.2 Å². The standard InChI is InChI=1S/C10H13N3O2/c1-4-5-11-6-8-9(14-2)12-7-13-10(8)15-3/h1,7,11H,5-6H2,2-3H3. The van der Waals surface area contributed by atoms with Gasteiger partial charge in [0.25, 0.3) is 0 Å². The third kappa shape index (κ3) is 2.82. The molecule has 1 N–H and O–H groups in total. The molecule has 0 aliphatic carbocycles. The van der Waals surface area contributed by atoms with E-state index in [4.69, 9.17) is 15.9 Å². The lowest BCUT2D eigenvalue weighted by atomic mass is 10.3. The molecule has 0 aliphatic rings. The van der Waals surface area contributed by atoms with Gasteiger partial charge in [0, 0.05) is 6.54 Å². The summed E-state index contributed by atoms with van der Waals surface area (Å²) in [4.78, 5) is 7.96. The molecule has 0 aromatic carbocycles. The number of nitrogens with zero attached hydrogens (tertiary/aromatic N) is 2. The van der Waals surface area contributed by atoms with Crippen LogP contribution in [0.25, 0.3) is 0 Å². The van der Waals surface area contributed by atoms with E-state index >= 15 is 0 Å². The van der Waals surface area contributed by atoms with Gasteiger partial charge < -0.3 is 14.8 Å². The third-order valence-electron chi connectivity index (χ3n) is 1.78. The first-order chi connectivity index (χ1) is 7.33.